The van der Waals surface area contributed by atoms with Gasteiger partial charge >= 0.3 is 0 Å². The van der Waals surface area contributed by atoms with Gasteiger partial charge in [0.1, 0.15) is 12.0 Å². The minimum atomic E-state index is -0.569. The predicted molar refractivity (Wildman–Crippen MR) is 160 cm³/mol. The molecule has 0 spiro atoms. The molecule has 2 N–H and O–H groups in total. The highest BCUT2D eigenvalue weighted by atomic mass is 32.2. The third-order valence-electron chi connectivity index (χ3n) is 6.55. The third-order valence-corrected chi connectivity index (χ3v) is 7.15. The molecule has 2 saturated carbocycles. The zero-order chi connectivity index (χ0) is 29.2. The van der Waals surface area contributed by atoms with Crippen molar-refractivity contribution in [1.82, 2.24) is 5.32 Å². The van der Waals surface area contributed by atoms with Crippen molar-refractivity contribution in [1.29, 1.82) is 5.26 Å². The summed E-state index contributed by atoms with van der Waals surface area (Å²) in [6.07, 6.45) is 11.0. The number of halogens is 1. The number of aliphatic hydroxyl groups excluding tert-OH is 1. The van der Waals surface area contributed by atoms with E-state index < -0.39 is 5.82 Å². The monoisotopic (exact) mass is 556 g/mol. The van der Waals surface area contributed by atoms with Gasteiger partial charge in [0, 0.05) is 17.5 Å². The van der Waals surface area contributed by atoms with Crippen LogP contribution in [-0.2, 0) is 6.61 Å². The Bertz CT molecular complexity index is 1050. The first-order valence-electron chi connectivity index (χ1n) is 13.9. The number of aliphatic hydroxyl groups is 1. The second-order valence-corrected chi connectivity index (χ2v) is 10.5. The molecular formula is C32H45FN2O3S. The maximum absolute atomic E-state index is 14.1. The molecule has 0 atom stereocenters. The van der Waals surface area contributed by atoms with Crippen LogP contribution in [0, 0.1) is 29.3 Å². The smallest absolute Gasteiger partial charge is 0.251 e. The number of thioether (sulfide) groups is 1. The quantitative estimate of drug-likeness (QED) is 0.218. The zero-order valence-electron chi connectivity index (χ0n) is 24.4. The summed E-state index contributed by atoms with van der Waals surface area (Å²) in [4.78, 5) is 12.4. The summed E-state index contributed by atoms with van der Waals surface area (Å²) in [6.45, 7) is 10.0. The molecule has 5 nitrogen and oxygen atoms in total. The second-order valence-electron chi connectivity index (χ2n) is 9.59. The number of carbonyl (C=O) groups is 1. The Kier molecular flexibility index (Phi) is 16.7. The number of aryl methyl sites for hydroxylation is 1. The Balaban J connectivity index is 0.000000383. The maximum atomic E-state index is 14.1. The Morgan fingerprint density at radius 2 is 1.74 bits per heavy atom. The molecule has 0 aromatic heterocycles. The van der Waals surface area contributed by atoms with Gasteiger partial charge in [-0.1, -0.05) is 65.0 Å². The summed E-state index contributed by atoms with van der Waals surface area (Å²) in [6, 6.07) is 10.0. The van der Waals surface area contributed by atoms with Crippen LogP contribution in [0.4, 0.5) is 4.39 Å². The van der Waals surface area contributed by atoms with Gasteiger partial charge in [0.15, 0.2) is 11.6 Å². The van der Waals surface area contributed by atoms with E-state index in [9.17, 15) is 9.18 Å². The van der Waals surface area contributed by atoms with E-state index in [-0.39, 0.29) is 23.8 Å². The standard InChI is InChI=1S/C17H15FN2O2S.C7H14.C6H10O.C2H6/c1-11-7-13(17(21)20-2)8-15(18)16(11)22-9-12-3-5-14(6-4-12)23-10-19;1-7-5-3-2-4-6-7;1-5(7)6-3-2-4-6;1-2/h3-8H,9H2,1-2H3,(H,20,21);7H,2-6H2,1H3;7H,2-4H2,1H3;1-2H3. The third kappa shape index (κ3) is 12.6. The number of hydrogen-bond acceptors (Lipinski definition) is 5. The van der Waals surface area contributed by atoms with Gasteiger partial charge < -0.3 is 15.2 Å². The van der Waals surface area contributed by atoms with Gasteiger partial charge in [-0.25, -0.2) is 4.39 Å². The Labute approximate surface area is 238 Å². The molecule has 1 amide bonds. The van der Waals surface area contributed by atoms with Gasteiger partial charge in [0.25, 0.3) is 5.91 Å². The molecule has 0 radical (unpaired) electrons. The van der Waals surface area contributed by atoms with Crippen LogP contribution in [0.3, 0.4) is 0 Å². The largest absolute Gasteiger partial charge is 0.513 e. The first kappa shape index (κ1) is 34.0. The lowest BCUT2D eigenvalue weighted by Crippen LogP contribution is -2.18. The van der Waals surface area contributed by atoms with Crippen molar-refractivity contribution in [3.05, 3.63) is 70.2 Å². The SMILES string of the molecule is CC.CC(O)=C1CCC1.CC1CCCCC1.CNC(=O)c1cc(C)c(OCc2ccc(SC#N)cc2)c(F)c1. The highest BCUT2D eigenvalue weighted by molar-refractivity contribution is 8.03. The molecule has 39 heavy (non-hydrogen) atoms. The second kappa shape index (κ2) is 19.1. The molecule has 2 aromatic carbocycles. The van der Waals surface area contributed by atoms with Crippen LogP contribution < -0.4 is 10.1 Å². The minimum absolute atomic E-state index is 0.133. The summed E-state index contributed by atoms with van der Waals surface area (Å²) in [5.74, 6) is 0.803. The molecule has 2 aliphatic rings. The van der Waals surface area contributed by atoms with Gasteiger partial charge in [-0.2, -0.15) is 5.26 Å². The van der Waals surface area contributed by atoms with Crippen molar-refractivity contribution < 1.29 is 19.0 Å². The number of rotatable bonds is 5. The summed E-state index contributed by atoms with van der Waals surface area (Å²) < 4.78 is 19.7. The Morgan fingerprint density at radius 3 is 2.13 bits per heavy atom. The van der Waals surface area contributed by atoms with E-state index in [1.165, 1.54) is 51.1 Å². The normalized spacial score (nSPS) is 13.9. The average molecular weight is 557 g/mol. The highest BCUT2D eigenvalue weighted by Gasteiger charge is 2.13. The molecule has 0 unspecified atom stereocenters. The van der Waals surface area contributed by atoms with Crippen LogP contribution in [0.5, 0.6) is 5.75 Å². The fraction of sp³-hybridized carbons (Fsp3) is 0.500. The van der Waals surface area contributed by atoms with Crippen LogP contribution in [0.2, 0.25) is 0 Å². The number of ether oxygens (including phenoxy) is 1. The summed E-state index contributed by atoms with van der Waals surface area (Å²) in [7, 11) is 1.49. The van der Waals surface area contributed by atoms with E-state index in [1.54, 1.807) is 19.9 Å². The Hall–Kier alpha value is -2.98. The van der Waals surface area contributed by atoms with Crippen LogP contribution in [0.15, 0.2) is 52.6 Å². The summed E-state index contributed by atoms with van der Waals surface area (Å²) in [5, 5.41) is 21.8. The van der Waals surface area contributed by atoms with E-state index in [0.29, 0.717) is 11.3 Å². The number of allylic oxidation sites excluding steroid dienone is 2. The molecule has 0 saturated heterocycles. The molecule has 0 aliphatic heterocycles. The van der Waals surface area contributed by atoms with E-state index in [4.69, 9.17) is 15.1 Å². The molecule has 0 bridgehead atoms. The van der Waals surface area contributed by atoms with E-state index >= 15 is 0 Å². The molecule has 0 heterocycles. The molecule has 2 aliphatic carbocycles. The number of thiocyanates is 1. The average Bonchev–Trinajstić information content (AvgIpc) is 2.90. The van der Waals surface area contributed by atoms with Gasteiger partial charge in [-0.3, -0.25) is 4.79 Å². The van der Waals surface area contributed by atoms with E-state index in [1.807, 2.05) is 43.5 Å². The molecule has 214 valence electrons. The predicted octanol–water partition coefficient (Wildman–Crippen LogP) is 9.26. The van der Waals surface area contributed by atoms with Gasteiger partial charge in [0.2, 0.25) is 0 Å². The Morgan fingerprint density at radius 1 is 1.13 bits per heavy atom. The molecule has 7 heteroatoms. The van der Waals surface area contributed by atoms with Gasteiger partial charge in [-0.05, 0) is 91.8 Å². The van der Waals surface area contributed by atoms with E-state index in [0.717, 1.165) is 47.0 Å². The maximum Gasteiger partial charge on any atom is 0.251 e. The first-order valence-corrected chi connectivity index (χ1v) is 14.7. The first-order chi connectivity index (χ1) is 18.7. The van der Waals surface area contributed by atoms with Crippen LogP contribution >= 0.6 is 11.8 Å². The summed E-state index contributed by atoms with van der Waals surface area (Å²) in [5.41, 5.74) is 2.93. The lowest BCUT2D eigenvalue weighted by Gasteiger charge is -2.15. The fourth-order valence-corrected chi connectivity index (χ4v) is 4.45. The van der Waals surface area contributed by atoms with E-state index in [2.05, 4.69) is 12.2 Å². The number of nitrogens with zero attached hydrogens (tertiary/aromatic N) is 1. The van der Waals surface area contributed by atoms with Gasteiger partial charge in [-0.15, -0.1) is 0 Å². The zero-order valence-corrected chi connectivity index (χ0v) is 25.2. The lowest BCUT2D eigenvalue weighted by atomic mass is 9.91. The molecular weight excluding hydrogens is 511 g/mol. The van der Waals surface area contributed by atoms with Crippen LogP contribution in [-0.4, -0.2) is 18.1 Å². The topological polar surface area (TPSA) is 82.3 Å². The minimum Gasteiger partial charge on any atom is -0.513 e. The number of amides is 1. The highest BCUT2D eigenvalue weighted by Crippen LogP contribution is 2.27. The van der Waals surface area contributed by atoms with Crippen LogP contribution in [0.1, 0.15) is 101 Å². The van der Waals surface area contributed by atoms with Crippen LogP contribution in [0.25, 0.3) is 0 Å². The number of nitrogens with one attached hydrogen (secondary N) is 1. The number of hydrogen-bond donors (Lipinski definition) is 2. The van der Waals surface area contributed by atoms with Gasteiger partial charge in [0.05, 0.1) is 5.76 Å². The van der Waals surface area contributed by atoms with Crippen molar-refractivity contribution in [2.24, 2.45) is 5.92 Å². The van der Waals surface area contributed by atoms with Crippen molar-refractivity contribution in [3.8, 4) is 11.2 Å². The van der Waals surface area contributed by atoms with Crippen molar-refractivity contribution >= 4 is 17.7 Å². The molecule has 2 aromatic rings. The molecule has 2 fully saturated rings. The number of benzene rings is 2. The fourth-order valence-electron chi connectivity index (χ4n) is 4.07. The lowest BCUT2D eigenvalue weighted by molar-refractivity contribution is 0.0962. The van der Waals surface area contributed by atoms with Crippen molar-refractivity contribution in [3.63, 3.8) is 0 Å². The van der Waals surface area contributed by atoms with Crippen molar-refractivity contribution in [2.45, 2.75) is 97.5 Å². The molecule has 4 rings (SSSR count). The number of carbonyl (C=O) groups excluding carboxylic acids is 1. The number of nitriles is 1. The van der Waals surface area contributed by atoms with Crippen molar-refractivity contribution in [2.75, 3.05) is 7.05 Å². The summed E-state index contributed by atoms with van der Waals surface area (Å²) >= 11 is 1.08.